The minimum atomic E-state index is -1.01. The van der Waals surface area contributed by atoms with Gasteiger partial charge in [-0.05, 0) is 25.8 Å². The normalized spacial score (nSPS) is 12.1. The Labute approximate surface area is 117 Å². The molecular formula is C13H21N3O4. The molecule has 1 aromatic heterocycles. The van der Waals surface area contributed by atoms with Crippen LogP contribution >= 0.6 is 0 Å². The van der Waals surface area contributed by atoms with Gasteiger partial charge < -0.3 is 15.2 Å². The first-order valence-corrected chi connectivity index (χ1v) is 6.37. The number of esters is 1. The maximum absolute atomic E-state index is 11.8. The zero-order valence-electron chi connectivity index (χ0n) is 12.3. The van der Waals surface area contributed by atoms with Crippen molar-refractivity contribution >= 4 is 11.9 Å². The second-order valence-electron chi connectivity index (χ2n) is 4.60. The maximum Gasteiger partial charge on any atom is 0.330 e. The SMILES string of the molecule is COC(=O)C(CO)NC(=O)CCc1c(C)nn(C)c1C. The predicted octanol–water partition coefficient (Wildman–Crippen LogP) is -0.380. The van der Waals surface area contributed by atoms with Gasteiger partial charge in [-0.3, -0.25) is 9.48 Å². The number of amides is 1. The lowest BCUT2D eigenvalue weighted by Gasteiger charge is -2.13. The highest BCUT2D eigenvalue weighted by Gasteiger charge is 2.20. The number of aliphatic hydroxyl groups excluding tert-OH is 1. The Bertz CT molecular complexity index is 496. The maximum atomic E-state index is 11.8. The quantitative estimate of drug-likeness (QED) is 0.694. The molecule has 0 saturated heterocycles. The fraction of sp³-hybridized carbons (Fsp3) is 0.615. The van der Waals surface area contributed by atoms with Gasteiger partial charge in [-0.2, -0.15) is 5.10 Å². The summed E-state index contributed by atoms with van der Waals surface area (Å²) in [6.07, 6.45) is 0.761. The monoisotopic (exact) mass is 283 g/mol. The molecule has 0 saturated carbocycles. The summed E-state index contributed by atoms with van der Waals surface area (Å²) in [7, 11) is 3.06. The van der Waals surface area contributed by atoms with E-state index < -0.39 is 18.6 Å². The first kappa shape index (κ1) is 16.2. The van der Waals surface area contributed by atoms with Crippen molar-refractivity contribution in [2.24, 2.45) is 7.05 Å². The number of hydrogen-bond acceptors (Lipinski definition) is 5. The van der Waals surface area contributed by atoms with Crippen LogP contribution in [0.4, 0.5) is 0 Å². The van der Waals surface area contributed by atoms with E-state index in [0.29, 0.717) is 6.42 Å². The number of hydrogen-bond donors (Lipinski definition) is 2. The molecule has 1 atom stereocenters. The largest absolute Gasteiger partial charge is 0.467 e. The Hall–Kier alpha value is -1.89. The van der Waals surface area contributed by atoms with Gasteiger partial charge in [-0.25, -0.2) is 4.79 Å². The molecule has 0 aliphatic carbocycles. The number of methoxy groups -OCH3 is 1. The molecule has 1 unspecified atom stereocenters. The summed E-state index contributed by atoms with van der Waals surface area (Å²) in [5.74, 6) is -0.966. The van der Waals surface area contributed by atoms with Crippen LogP contribution in [-0.2, 0) is 27.8 Å². The standard InChI is InChI=1S/C13H21N3O4/c1-8-10(9(2)16(3)15-8)5-6-12(18)14-11(7-17)13(19)20-4/h11,17H,5-7H2,1-4H3,(H,14,18). The number of nitrogens with one attached hydrogen (secondary N) is 1. The molecule has 0 spiro atoms. The van der Waals surface area contributed by atoms with Crippen LogP contribution in [0.15, 0.2) is 0 Å². The van der Waals surface area contributed by atoms with Crippen molar-refractivity contribution in [3.05, 3.63) is 17.0 Å². The van der Waals surface area contributed by atoms with Crippen LogP contribution < -0.4 is 5.32 Å². The second kappa shape index (κ2) is 7.04. The third-order valence-electron chi connectivity index (χ3n) is 3.26. The van der Waals surface area contributed by atoms with Gasteiger partial charge in [0.1, 0.15) is 0 Å². The first-order valence-electron chi connectivity index (χ1n) is 6.37. The van der Waals surface area contributed by atoms with Crippen molar-refractivity contribution in [1.82, 2.24) is 15.1 Å². The summed E-state index contributed by atoms with van der Waals surface area (Å²) < 4.78 is 6.25. The van der Waals surface area contributed by atoms with Crippen molar-refractivity contribution in [3.8, 4) is 0 Å². The third-order valence-corrected chi connectivity index (χ3v) is 3.26. The van der Waals surface area contributed by atoms with Crippen LogP contribution in [0.25, 0.3) is 0 Å². The minimum absolute atomic E-state index is 0.223. The molecule has 0 aromatic carbocycles. The van der Waals surface area contributed by atoms with Gasteiger partial charge in [0.2, 0.25) is 5.91 Å². The Morgan fingerprint density at radius 2 is 2.10 bits per heavy atom. The number of nitrogens with zero attached hydrogens (tertiary/aromatic N) is 2. The van der Waals surface area contributed by atoms with E-state index in [4.69, 9.17) is 5.11 Å². The van der Waals surface area contributed by atoms with E-state index in [1.165, 1.54) is 7.11 Å². The van der Waals surface area contributed by atoms with E-state index >= 15 is 0 Å². The Balaban J connectivity index is 2.57. The molecule has 1 aromatic rings. The van der Waals surface area contributed by atoms with E-state index in [9.17, 15) is 9.59 Å². The topological polar surface area (TPSA) is 93.4 Å². The third kappa shape index (κ3) is 3.80. The molecule has 2 N–H and O–H groups in total. The Kier molecular flexibility index (Phi) is 5.69. The van der Waals surface area contributed by atoms with Crippen molar-refractivity contribution < 1.29 is 19.4 Å². The van der Waals surface area contributed by atoms with Crippen LogP contribution in [0.3, 0.4) is 0 Å². The van der Waals surface area contributed by atoms with Crippen molar-refractivity contribution in [2.45, 2.75) is 32.7 Å². The molecule has 1 heterocycles. The molecular weight excluding hydrogens is 262 g/mol. The molecule has 1 rings (SSSR count). The average Bonchev–Trinajstić information content (AvgIpc) is 2.66. The van der Waals surface area contributed by atoms with Gasteiger partial charge in [0.05, 0.1) is 19.4 Å². The molecule has 7 nitrogen and oxygen atoms in total. The van der Waals surface area contributed by atoms with Crippen molar-refractivity contribution in [2.75, 3.05) is 13.7 Å². The first-order chi connectivity index (χ1) is 9.40. The number of carbonyl (C=O) groups excluding carboxylic acids is 2. The smallest absolute Gasteiger partial charge is 0.330 e. The number of aryl methyl sites for hydroxylation is 2. The van der Waals surface area contributed by atoms with E-state index in [1.807, 2.05) is 20.9 Å². The summed E-state index contributed by atoms with van der Waals surface area (Å²) in [6.45, 7) is 3.35. The van der Waals surface area contributed by atoms with E-state index in [-0.39, 0.29) is 12.3 Å². The summed E-state index contributed by atoms with van der Waals surface area (Å²) in [6, 6.07) is -1.01. The second-order valence-corrected chi connectivity index (χ2v) is 4.60. The zero-order valence-corrected chi connectivity index (χ0v) is 12.3. The average molecular weight is 283 g/mol. The number of rotatable bonds is 6. The van der Waals surface area contributed by atoms with Crippen molar-refractivity contribution in [1.29, 1.82) is 0 Å². The van der Waals surface area contributed by atoms with Gasteiger partial charge in [0, 0.05) is 19.2 Å². The van der Waals surface area contributed by atoms with Gasteiger partial charge in [0.25, 0.3) is 0 Å². The molecule has 0 fully saturated rings. The van der Waals surface area contributed by atoms with Crippen molar-refractivity contribution in [3.63, 3.8) is 0 Å². The molecule has 1 amide bonds. The highest BCUT2D eigenvalue weighted by atomic mass is 16.5. The fourth-order valence-corrected chi connectivity index (χ4v) is 2.01. The van der Waals surface area contributed by atoms with Crippen LogP contribution in [0.2, 0.25) is 0 Å². The molecule has 0 aliphatic rings. The lowest BCUT2D eigenvalue weighted by atomic mass is 10.1. The molecule has 20 heavy (non-hydrogen) atoms. The minimum Gasteiger partial charge on any atom is -0.467 e. The van der Waals surface area contributed by atoms with Crippen LogP contribution in [-0.4, -0.2) is 46.5 Å². The van der Waals surface area contributed by atoms with Crippen LogP contribution in [0, 0.1) is 13.8 Å². The van der Waals surface area contributed by atoms with Gasteiger partial charge >= 0.3 is 5.97 Å². The highest BCUT2D eigenvalue weighted by Crippen LogP contribution is 2.13. The fourth-order valence-electron chi connectivity index (χ4n) is 2.01. The Morgan fingerprint density at radius 3 is 2.55 bits per heavy atom. The number of aromatic nitrogens is 2. The predicted molar refractivity (Wildman–Crippen MR) is 72.0 cm³/mol. The van der Waals surface area contributed by atoms with Gasteiger partial charge in [0.15, 0.2) is 6.04 Å². The lowest BCUT2D eigenvalue weighted by molar-refractivity contribution is -0.146. The number of ether oxygens (including phenoxy) is 1. The lowest BCUT2D eigenvalue weighted by Crippen LogP contribution is -2.44. The number of carbonyl (C=O) groups is 2. The summed E-state index contributed by atoms with van der Waals surface area (Å²) >= 11 is 0. The van der Waals surface area contributed by atoms with Gasteiger partial charge in [-0.1, -0.05) is 0 Å². The molecule has 0 bridgehead atoms. The van der Waals surface area contributed by atoms with E-state index in [1.54, 1.807) is 4.68 Å². The van der Waals surface area contributed by atoms with Crippen LogP contribution in [0.5, 0.6) is 0 Å². The van der Waals surface area contributed by atoms with E-state index in [0.717, 1.165) is 17.0 Å². The summed E-state index contributed by atoms with van der Waals surface area (Å²) in [4.78, 5) is 23.0. The summed E-state index contributed by atoms with van der Waals surface area (Å²) in [5.41, 5.74) is 2.94. The van der Waals surface area contributed by atoms with Gasteiger partial charge in [-0.15, -0.1) is 0 Å². The Morgan fingerprint density at radius 1 is 1.45 bits per heavy atom. The highest BCUT2D eigenvalue weighted by molar-refractivity contribution is 5.84. The zero-order chi connectivity index (χ0) is 15.3. The summed E-state index contributed by atoms with van der Waals surface area (Å²) in [5, 5.41) is 15.7. The van der Waals surface area contributed by atoms with E-state index in [2.05, 4.69) is 15.2 Å². The molecule has 7 heteroatoms. The number of aliphatic hydroxyl groups is 1. The molecule has 112 valence electrons. The van der Waals surface area contributed by atoms with Crippen LogP contribution in [0.1, 0.15) is 23.4 Å². The molecule has 0 aliphatic heterocycles. The molecule has 0 radical (unpaired) electrons.